The highest BCUT2D eigenvalue weighted by Crippen LogP contribution is 2.30. The van der Waals surface area contributed by atoms with E-state index in [1.807, 2.05) is 20.2 Å². The molecule has 1 saturated heterocycles. The third kappa shape index (κ3) is 3.63. The number of carbonyl (C=O) groups is 2. The zero-order chi connectivity index (χ0) is 18.0. The minimum atomic E-state index is -0.570. The summed E-state index contributed by atoms with van der Waals surface area (Å²) in [5.74, 6) is -0.135. The van der Waals surface area contributed by atoms with Crippen LogP contribution in [0.3, 0.4) is 0 Å². The minimum Gasteiger partial charge on any atom is -0.367 e. The van der Waals surface area contributed by atoms with Gasteiger partial charge in [-0.2, -0.15) is 5.10 Å². The molecule has 3 amide bonds. The Balaban J connectivity index is 1.65. The average Bonchev–Trinajstić information content (AvgIpc) is 3.23. The summed E-state index contributed by atoms with van der Waals surface area (Å²) in [6, 6.07) is -0.223. The number of ether oxygens (including phenoxy) is 1. The van der Waals surface area contributed by atoms with Crippen LogP contribution >= 0.6 is 0 Å². The second-order valence-corrected chi connectivity index (χ2v) is 7.11. The number of nitrogens with one attached hydrogen (secondary N) is 2. The Morgan fingerprint density at radius 2 is 2.20 bits per heavy atom. The summed E-state index contributed by atoms with van der Waals surface area (Å²) in [5, 5.41) is 9.95. The van der Waals surface area contributed by atoms with Gasteiger partial charge in [-0.15, -0.1) is 0 Å². The Morgan fingerprint density at radius 1 is 1.40 bits per heavy atom. The molecule has 25 heavy (non-hydrogen) atoms. The van der Waals surface area contributed by atoms with Gasteiger partial charge in [0.1, 0.15) is 5.60 Å². The van der Waals surface area contributed by atoms with E-state index in [4.69, 9.17) is 4.74 Å². The fourth-order valence-electron chi connectivity index (χ4n) is 3.79. The van der Waals surface area contributed by atoms with E-state index in [0.29, 0.717) is 19.7 Å². The predicted molar refractivity (Wildman–Crippen MR) is 91.8 cm³/mol. The van der Waals surface area contributed by atoms with Crippen LogP contribution in [0, 0.1) is 5.92 Å². The van der Waals surface area contributed by atoms with Gasteiger partial charge in [-0.05, 0) is 19.8 Å². The topological polar surface area (TPSA) is 88.5 Å². The lowest BCUT2D eigenvalue weighted by Gasteiger charge is -2.40. The molecule has 2 heterocycles. The summed E-state index contributed by atoms with van der Waals surface area (Å²) in [6.07, 6.45) is 6.31. The van der Waals surface area contributed by atoms with Gasteiger partial charge in [0.05, 0.1) is 25.3 Å². The highest BCUT2D eigenvalue weighted by atomic mass is 16.5. The first kappa shape index (κ1) is 17.7. The number of carbonyl (C=O) groups excluding carboxylic acids is 2. The van der Waals surface area contributed by atoms with E-state index in [1.165, 1.54) is 0 Å². The predicted octanol–water partition coefficient (Wildman–Crippen LogP) is 0.592. The summed E-state index contributed by atoms with van der Waals surface area (Å²) in [5.41, 5.74) is 0.385. The maximum atomic E-state index is 12.7. The molecule has 2 aliphatic rings. The van der Waals surface area contributed by atoms with Crippen molar-refractivity contribution in [2.45, 2.75) is 37.8 Å². The van der Waals surface area contributed by atoms with E-state index in [9.17, 15) is 9.59 Å². The number of aromatic nitrogens is 2. The molecule has 1 aromatic rings. The molecule has 138 valence electrons. The number of aryl methyl sites for hydroxylation is 1. The molecule has 3 unspecified atom stereocenters. The van der Waals surface area contributed by atoms with E-state index >= 15 is 0 Å². The quantitative estimate of drug-likeness (QED) is 0.836. The molecule has 0 spiro atoms. The van der Waals surface area contributed by atoms with Crippen molar-refractivity contribution < 1.29 is 14.3 Å². The van der Waals surface area contributed by atoms with Crippen LogP contribution in [0.2, 0.25) is 0 Å². The number of hydrogen-bond donors (Lipinski definition) is 2. The third-order valence-corrected chi connectivity index (χ3v) is 5.29. The van der Waals surface area contributed by atoms with E-state index in [-0.39, 0.29) is 23.9 Å². The summed E-state index contributed by atoms with van der Waals surface area (Å²) in [4.78, 5) is 26.5. The highest BCUT2D eigenvalue weighted by molar-refractivity contribution is 5.81. The number of morpholine rings is 1. The standard InChI is InChI=1S/C17H27N5O3/c1-17(12-9-19-21(3)10-12)11-22(7-8-25-17)16(24)20-14-6-4-5-13(14)15(23)18-2/h9-10,13-14H,4-8,11H2,1-3H3,(H,18,23)(H,20,24). The van der Waals surface area contributed by atoms with Gasteiger partial charge in [-0.25, -0.2) is 4.79 Å². The molecule has 8 nitrogen and oxygen atoms in total. The van der Waals surface area contributed by atoms with E-state index < -0.39 is 5.60 Å². The largest absolute Gasteiger partial charge is 0.367 e. The Bertz CT molecular complexity index is 646. The van der Waals surface area contributed by atoms with E-state index in [0.717, 1.165) is 24.8 Å². The van der Waals surface area contributed by atoms with E-state index in [2.05, 4.69) is 15.7 Å². The molecule has 3 atom stereocenters. The first-order chi connectivity index (χ1) is 11.9. The molecule has 1 aliphatic carbocycles. The van der Waals surface area contributed by atoms with Crippen molar-refractivity contribution in [2.75, 3.05) is 26.7 Å². The van der Waals surface area contributed by atoms with Crippen molar-refractivity contribution in [1.29, 1.82) is 0 Å². The van der Waals surface area contributed by atoms with Gasteiger partial charge in [-0.3, -0.25) is 9.48 Å². The maximum Gasteiger partial charge on any atom is 0.317 e. The summed E-state index contributed by atoms with van der Waals surface area (Å²) in [7, 11) is 3.50. The zero-order valence-corrected chi connectivity index (χ0v) is 15.1. The van der Waals surface area contributed by atoms with Gasteiger partial charge >= 0.3 is 6.03 Å². The van der Waals surface area contributed by atoms with E-state index in [1.54, 1.807) is 22.8 Å². The van der Waals surface area contributed by atoms with Crippen molar-refractivity contribution in [3.63, 3.8) is 0 Å². The fraction of sp³-hybridized carbons (Fsp3) is 0.706. The highest BCUT2D eigenvalue weighted by Gasteiger charge is 2.39. The van der Waals surface area contributed by atoms with Crippen molar-refractivity contribution in [3.8, 4) is 0 Å². The van der Waals surface area contributed by atoms with Crippen molar-refractivity contribution in [1.82, 2.24) is 25.3 Å². The number of rotatable bonds is 3. The molecular formula is C17H27N5O3. The average molecular weight is 349 g/mol. The monoisotopic (exact) mass is 349 g/mol. The molecule has 8 heteroatoms. The van der Waals surface area contributed by atoms with Crippen LogP contribution in [-0.2, 0) is 22.2 Å². The number of hydrogen-bond acceptors (Lipinski definition) is 4. The second-order valence-electron chi connectivity index (χ2n) is 7.11. The van der Waals surface area contributed by atoms with Crippen LogP contribution in [0.15, 0.2) is 12.4 Å². The SMILES string of the molecule is CNC(=O)C1CCCC1NC(=O)N1CCOC(C)(c2cnn(C)c2)C1. The number of urea groups is 1. The van der Waals surface area contributed by atoms with Crippen LogP contribution in [0.4, 0.5) is 4.79 Å². The Morgan fingerprint density at radius 3 is 2.88 bits per heavy atom. The van der Waals surface area contributed by atoms with Gasteiger partial charge < -0.3 is 20.3 Å². The normalized spacial score (nSPS) is 29.5. The van der Waals surface area contributed by atoms with Gasteiger partial charge in [0.2, 0.25) is 5.91 Å². The Kier molecular flexibility index (Phi) is 4.99. The number of nitrogens with zero attached hydrogens (tertiary/aromatic N) is 3. The van der Waals surface area contributed by atoms with Crippen LogP contribution in [-0.4, -0.2) is 59.4 Å². The summed E-state index contributed by atoms with van der Waals surface area (Å²) >= 11 is 0. The Labute approximate surface area is 147 Å². The van der Waals surface area contributed by atoms with Gasteiger partial charge in [-0.1, -0.05) is 6.42 Å². The van der Waals surface area contributed by atoms with Crippen LogP contribution in [0.1, 0.15) is 31.7 Å². The molecule has 2 fully saturated rings. The van der Waals surface area contributed by atoms with Crippen molar-refractivity contribution in [2.24, 2.45) is 13.0 Å². The molecular weight excluding hydrogens is 322 g/mol. The van der Waals surface area contributed by atoms with Crippen LogP contribution in [0.5, 0.6) is 0 Å². The fourth-order valence-corrected chi connectivity index (χ4v) is 3.79. The zero-order valence-electron chi connectivity index (χ0n) is 15.1. The molecule has 0 aromatic carbocycles. The third-order valence-electron chi connectivity index (χ3n) is 5.29. The lowest BCUT2D eigenvalue weighted by atomic mass is 9.97. The van der Waals surface area contributed by atoms with Gasteiger partial charge in [0.25, 0.3) is 0 Å². The lowest BCUT2D eigenvalue weighted by Crippen LogP contribution is -2.55. The lowest BCUT2D eigenvalue weighted by molar-refractivity contribution is -0.124. The molecule has 2 N–H and O–H groups in total. The van der Waals surface area contributed by atoms with Gasteiger partial charge in [0.15, 0.2) is 0 Å². The molecule has 3 rings (SSSR count). The molecule has 1 saturated carbocycles. The van der Waals surface area contributed by atoms with Crippen molar-refractivity contribution in [3.05, 3.63) is 18.0 Å². The first-order valence-electron chi connectivity index (χ1n) is 8.83. The van der Waals surface area contributed by atoms with Gasteiger partial charge in [0, 0.05) is 38.4 Å². The minimum absolute atomic E-state index is 0.00461. The molecule has 0 radical (unpaired) electrons. The van der Waals surface area contributed by atoms with Crippen LogP contribution in [0.25, 0.3) is 0 Å². The molecule has 0 bridgehead atoms. The maximum absolute atomic E-state index is 12.7. The first-order valence-corrected chi connectivity index (χ1v) is 8.83. The summed E-state index contributed by atoms with van der Waals surface area (Å²) < 4.78 is 7.68. The van der Waals surface area contributed by atoms with Crippen molar-refractivity contribution >= 4 is 11.9 Å². The number of amides is 3. The second kappa shape index (κ2) is 7.03. The molecule has 1 aromatic heterocycles. The smallest absolute Gasteiger partial charge is 0.317 e. The summed E-state index contributed by atoms with van der Waals surface area (Å²) in [6.45, 7) is 3.45. The van der Waals surface area contributed by atoms with Crippen LogP contribution < -0.4 is 10.6 Å². The molecule has 1 aliphatic heterocycles. The Hall–Kier alpha value is -2.09.